The summed E-state index contributed by atoms with van der Waals surface area (Å²) in [4.78, 5) is 4.31. The molecule has 108 valence electrons. The number of nitrogens with two attached hydrogens (primary N) is 1. The lowest BCUT2D eigenvalue weighted by Crippen LogP contribution is -2.17. The molecule has 2 N–H and O–H groups in total. The molecule has 0 bridgehead atoms. The fourth-order valence-corrected chi connectivity index (χ4v) is 1.89. The van der Waals surface area contributed by atoms with Gasteiger partial charge in [-0.3, -0.25) is 0 Å². The fraction of sp³-hybridized carbons (Fsp3) is 0.429. The molecule has 0 aliphatic carbocycles. The highest BCUT2D eigenvalue weighted by Crippen LogP contribution is 2.28. The van der Waals surface area contributed by atoms with Crippen LogP contribution in [0.1, 0.15) is 24.2 Å². The minimum Gasteiger partial charge on any atom is -0.493 e. The van der Waals surface area contributed by atoms with Crippen LogP contribution in [-0.2, 0) is 12.8 Å². The summed E-state index contributed by atoms with van der Waals surface area (Å²) in [5, 5.41) is 3.95. The second-order valence-corrected chi connectivity index (χ2v) is 4.65. The van der Waals surface area contributed by atoms with E-state index in [1.54, 1.807) is 14.2 Å². The summed E-state index contributed by atoms with van der Waals surface area (Å²) in [6.07, 6.45) is 1.15. The van der Waals surface area contributed by atoms with Gasteiger partial charge < -0.3 is 19.7 Å². The summed E-state index contributed by atoms with van der Waals surface area (Å²) in [6, 6.07) is 5.71. The molecular weight excluding hydrogens is 258 g/mol. The fourth-order valence-electron chi connectivity index (χ4n) is 1.89. The van der Waals surface area contributed by atoms with Crippen LogP contribution in [0.4, 0.5) is 0 Å². The smallest absolute Gasteiger partial charge is 0.228 e. The molecule has 0 fully saturated rings. The highest BCUT2D eigenvalue weighted by molar-refractivity contribution is 5.43. The van der Waals surface area contributed by atoms with E-state index in [1.165, 1.54) is 0 Å². The molecule has 1 heterocycles. The standard InChI is InChI=1S/C14H19N3O3/c1-9(15)6-14-16-13(17-20-14)8-10-4-5-11(18-2)12(7-10)19-3/h4-5,7,9H,6,8,15H2,1-3H3. The van der Waals surface area contributed by atoms with Gasteiger partial charge in [-0.05, 0) is 24.6 Å². The highest BCUT2D eigenvalue weighted by Gasteiger charge is 2.11. The molecule has 1 aromatic carbocycles. The second-order valence-electron chi connectivity index (χ2n) is 4.65. The molecule has 0 aliphatic heterocycles. The van der Waals surface area contributed by atoms with E-state index >= 15 is 0 Å². The molecular formula is C14H19N3O3. The van der Waals surface area contributed by atoms with Crippen LogP contribution in [0.2, 0.25) is 0 Å². The molecule has 0 saturated heterocycles. The first-order valence-electron chi connectivity index (χ1n) is 6.40. The Bertz CT molecular complexity index is 567. The van der Waals surface area contributed by atoms with E-state index in [-0.39, 0.29) is 6.04 Å². The van der Waals surface area contributed by atoms with Crippen molar-refractivity contribution in [2.24, 2.45) is 5.73 Å². The summed E-state index contributed by atoms with van der Waals surface area (Å²) in [5.74, 6) is 2.58. The second kappa shape index (κ2) is 6.38. The third kappa shape index (κ3) is 3.48. The maximum Gasteiger partial charge on any atom is 0.228 e. The number of methoxy groups -OCH3 is 2. The van der Waals surface area contributed by atoms with Crippen molar-refractivity contribution < 1.29 is 14.0 Å². The first-order valence-corrected chi connectivity index (χ1v) is 6.40. The largest absolute Gasteiger partial charge is 0.493 e. The van der Waals surface area contributed by atoms with Crippen molar-refractivity contribution in [2.75, 3.05) is 14.2 Å². The Kier molecular flexibility index (Phi) is 4.57. The van der Waals surface area contributed by atoms with E-state index in [4.69, 9.17) is 19.7 Å². The lowest BCUT2D eigenvalue weighted by Gasteiger charge is -2.08. The Morgan fingerprint density at radius 3 is 2.65 bits per heavy atom. The van der Waals surface area contributed by atoms with Gasteiger partial charge in [-0.25, -0.2) is 0 Å². The summed E-state index contributed by atoms with van der Waals surface area (Å²) >= 11 is 0. The van der Waals surface area contributed by atoms with Gasteiger partial charge >= 0.3 is 0 Å². The van der Waals surface area contributed by atoms with Crippen LogP contribution in [0.25, 0.3) is 0 Å². The molecule has 1 aromatic heterocycles. The zero-order chi connectivity index (χ0) is 14.5. The van der Waals surface area contributed by atoms with Crippen molar-refractivity contribution in [1.29, 1.82) is 0 Å². The molecule has 0 radical (unpaired) electrons. The van der Waals surface area contributed by atoms with E-state index < -0.39 is 0 Å². The van der Waals surface area contributed by atoms with Gasteiger partial charge in [-0.2, -0.15) is 4.98 Å². The van der Waals surface area contributed by atoms with Gasteiger partial charge in [0.1, 0.15) is 0 Å². The van der Waals surface area contributed by atoms with Crippen molar-refractivity contribution in [3.05, 3.63) is 35.5 Å². The normalized spacial score (nSPS) is 12.2. The summed E-state index contributed by atoms with van der Waals surface area (Å²) < 4.78 is 15.6. The molecule has 6 nitrogen and oxygen atoms in total. The Hall–Kier alpha value is -2.08. The minimum absolute atomic E-state index is 0.00406. The van der Waals surface area contributed by atoms with Crippen LogP contribution >= 0.6 is 0 Å². The number of benzene rings is 1. The zero-order valence-electron chi connectivity index (χ0n) is 11.9. The molecule has 0 amide bonds. The Balaban J connectivity index is 2.11. The SMILES string of the molecule is COc1ccc(Cc2noc(CC(C)N)n2)cc1OC. The van der Waals surface area contributed by atoms with Crippen LogP contribution in [0.5, 0.6) is 11.5 Å². The number of hydrogen-bond acceptors (Lipinski definition) is 6. The molecule has 0 aliphatic rings. The quantitative estimate of drug-likeness (QED) is 0.862. The molecule has 20 heavy (non-hydrogen) atoms. The van der Waals surface area contributed by atoms with Crippen LogP contribution in [0.3, 0.4) is 0 Å². The molecule has 0 saturated carbocycles. The lowest BCUT2D eigenvalue weighted by atomic mass is 10.1. The van der Waals surface area contributed by atoms with Crippen molar-refractivity contribution >= 4 is 0 Å². The van der Waals surface area contributed by atoms with Gasteiger partial charge in [0.05, 0.1) is 14.2 Å². The number of hydrogen-bond donors (Lipinski definition) is 1. The van der Waals surface area contributed by atoms with Crippen LogP contribution in [0.15, 0.2) is 22.7 Å². The average molecular weight is 277 g/mol. The number of ether oxygens (including phenoxy) is 2. The van der Waals surface area contributed by atoms with Gasteiger partial charge in [0, 0.05) is 18.9 Å². The van der Waals surface area contributed by atoms with Crippen molar-refractivity contribution in [3.8, 4) is 11.5 Å². The average Bonchev–Trinajstić information content (AvgIpc) is 2.85. The number of aromatic nitrogens is 2. The van der Waals surface area contributed by atoms with Gasteiger partial charge in [0.25, 0.3) is 0 Å². The van der Waals surface area contributed by atoms with E-state index in [0.29, 0.717) is 36.1 Å². The predicted octanol–water partition coefficient (Wildman–Crippen LogP) is 1.57. The summed E-state index contributed by atoms with van der Waals surface area (Å²) in [5.41, 5.74) is 6.72. The highest BCUT2D eigenvalue weighted by atomic mass is 16.5. The van der Waals surface area contributed by atoms with Crippen LogP contribution in [-0.4, -0.2) is 30.4 Å². The summed E-state index contributed by atoms with van der Waals surface area (Å²) in [6.45, 7) is 1.90. The van der Waals surface area contributed by atoms with Crippen molar-refractivity contribution in [1.82, 2.24) is 10.1 Å². The van der Waals surface area contributed by atoms with Crippen LogP contribution < -0.4 is 15.2 Å². The third-order valence-corrected chi connectivity index (χ3v) is 2.82. The molecule has 2 aromatic rings. The maximum absolute atomic E-state index is 5.70. The molecule has 0 spiro atoms. The van der Waals surface area contributed by atoms with Crippen molar-refractivity contribution in [3.63, 3.8) is 0 Å². The predicted molar refractivity (Wildman–Crippen MR) is 74.0 cm³/mol. The molecule has 6 heteroatoms. The minimum atomic E-state index is 0.00406. The Morgan fingerprint density at radius 2 is 2.00 bits per heavy atom. The number of nitrogens with zero attached hydrogens (tertiary/aromatic N) is 2. The maximum atomic E-state index is 5.70. The Labute approximate surface area is 117 Å². The van der Waals surface area contributed by atoms with Gasteiger partial charge in [-0.1, -0.05) is 11.2 Å². The lowest BCUT2D eigenvalue weighted by molar-refractivity contribution is 0.354. The van der Waals surface area contributed by atoms with Crippen LogP contribution in [0, 0.1) is 0 Å². The van der Waals surface area contributed by atoms with Gasteiger partial charge in [0.2, 0.25) is 5.89 Å². The Morgan fingerprint density at radius 1 is 1.25 bits per heavy atom. The molecule has 1 unspecified atom stereocenters. The first-order chi connectivity index (χ1) is 9.62. The van der Waals surface area contributed by atoms with E-state index in [1.807, 2.05) is 25.1 Å². The van der Waals surface area contributed by atoms with E-state index in [2.05, 4.69) is 10.1 Å². The summed E-state index contributed by atoms with van der Waals surface area (Å²) in [7, 11) is 3.22. The van der Waals surface area contributed by atoms with Gasteiger partial charge in [-0.15, -0.1) is 0 Å². The van der Waals surface area contributed by atoms with Crippen molar-refractivity contribution in [2.45, 2.75) is 25.8 Å². The topological polar surface area (TPSA) is 83.4 Å². The molecule has 2 rings (SSSR count). The van der Waals surface area contributed by atoms with E-state index in [9.17, 15) is 0 Å². The molecule has 1 atom stereocenters. The third-order valence-electron chi connectivity index (χ3n) is 2.82. The first kappa shape index (κ1) is 14.3. The van der Waals surface area contributed by atoms with Gasteiger partial charge in [0.15, 0.2) is 17.3 Å². The van der Waals surface area contributed by atoms with E-state index in [0.717, 1.165) is 5.56 Å². The monoisotopic (exact) mass is 277 g/mol. The zero-order valence-corrected chi connectivity index (χ0v) is 11.9. The number of rotatable bonds is 6.